The maximum atomic E-state index is 14.1. The zero-order valence-corrected chi connectivity index (χ0v) is 17.5. The summed E-state index contributed by atoms with van der Waals surface area (Å²) in [5.74, 6) is -12.3. The van der Waals surface area contributed by atoms with Gasteiger partial charge in [0.25, 0.3) is 11.6 Å². The van der Waals surface area contributed by atoms with Crippen molar-refractivity contribution in [2.24, 2.45) is 5.10 Å². The number of furan rings is 1. The van der Waals surface area contributed by atoms with Crippen LogP contribution in [0.2, 0.25) is 5.02 Å². The first-order valence-corrected chi connectivity index (χ1v) is 9.56. The van der Waals surface area contributed by atoms with E-state index in [2.05, 4.69) is 5.10 Å². The number of anilines is 1. The number of carbonyl (C=O) groups excluding carboxylic acids is 1. The van der Waals surface area contributed by atoms with Gasteiger partial charge < -0.3 is 4.42 Å². The lowest BCUT2D eigenvalue weighted by Crippen LogP contribution is -2.25. The fourth-order valence-electron chi connectivity index (χ4n) is 3.15. The molecule has 2 aromatic carbocycles. The summed E-state index contributed by atoms with van der Waals surface area (Å²) in [6.07, 6.45) is 1.13. The summed E-state index contributed by atoms with van der Waals surface area (Å²) in [6.45, 7) is 1.27. The molecule has 0 N–H and O–H groups in total. The van der Waals surface area contributed by atoms with E-state index < -0.39 is 45.6 Å². The first-order valence-electron chi connectivity index (χ1n) is 9.18. The first kappa shape index (κ1) is 23.1. The van der Waals surface area contributed by atoms with Crippen molar-refractivity contribution in [2.45, 2.75) is 6.92 Å². The number of hydrogen-bond acceptors (Lipinski definition) is 5. The van der Waals surface area contributed by atoms with Crippen LogP contribution in [0, 0.1) is 39.2 Å². The second-order valence-electron chi connectivity index (χ2n) is 6.90. The number of hydrogen-bond donors (Lipinski definition) is 0. The Hall–Kier alpha value is -4.06. The minimum atomic E-state index is -2.37. The molecule has 1 aliphatic heterocycles. The van der Waals surface area contributed by atoms with Gasteiger partial charge in [0.15, 0.2) is 23.3 Å². The number of nitro benzene ring substituents is 1. The monoisotopic (exact) mass is 497 g/mol. The molecule has 0 fully saturated rings. The molecule has 13 heteroatoms. The van der Waals surface area contributed by atoms with Crippen molar-refractivity contribution in [3.8, 4) is 11.3 Å². The molecule has 0 aliphatic carbocycles. The Kier molecular flexibility index (Phi) is 5.69. The van der Waals surface area contributed by atoms with E-state index in [-0.39, 0.29) is 44.1 Å². The molecule has 2 heterocycles. The minimum absolute atomic E-state index is 0.0229. The minimum Gasteiger partial charge on any atom is -0.457 e. The Labute approximate surface area is 191 Å². The molecule has 34 heavy (non-hydrogen) atoms. The van der Waals surface area contributed by atoms with Crippen LogP contribution in [0.4, 0.5) is 33.3 Å². The lowest BCUT2D eigenvalue weighted by molar-refractivity contribution is -0.384. The van der Waals surface area contributed by atoms with Crippen molar-refractivity contribution in [1.29, 1.82) is 0 Å². The fraction of sp³-hybridized carbons (Fsp3) is 0.0476. The van der Waals surface area contributed by atoms with Gasteiger partial charge in [0, 0.05) is 17.7 Å². The summed E-state index contributed by atoms with van der Waals surface area (Å²) >= 11 is 6.08. The fourth-order valence-corrected chi connectivity index (χ4v) is 3.36. The maximum absolute atomic E-state index is 14.1. The van der Waals surface area contributed by atoms with E-state index in [1.165, 1.54) is 37.3 Å². The Morgan fingerprint density at radius 2 is 1.65 bits per heavy atom. The zero-order chi connectivity index (χ0) is 24.9. The van der Waals surface area contributed by atoms with Crippen molar-refractivity contribution < 1.29 is 36.1 Å². The summed E-state index contributed by atoms with van der Waals surface area (Å²) in [5.41, 5.74) is -1.93. The number of amides is 1. The highest BCUT2D eigenvalue weighted by Crippen LogP contribution is 2.35. The number of rotatable bonds is 4. The third kappa shape index (κ3) is 3.71. The molecule has 0 saturated heterocycles. The van der Waals surface area contributed by atoms with Gasteiger partial charge in [0.05, 0.1) is 21.2 Å². The van der Waals surface area contributed by atoms with Gasteiger partial charge in [-0.1, -0.05) is 11.6 Å². The van der Waals surface area contributed by atoms with Gasteiger partial charge in [0.1, 0.15) is 17.2 Å². The smallest absolute Gasteiger partial charge is 0.280 e. The van der Waals surface area contributed by atoms with Crippen LogP contribution in [0.3, 0.4) is 0 Å². The molecule has 1 amide bonds. The van der Waals surface area contributed by atoms with Crippen LogP contribution < -0.4 is 5.01 Å². The predicted octanol–water partition coefficient (Wildman–Crippen LogP) is 6.01. The van der Waals surface area contributed by atoms with Gasteiger partial charge in [-0.25, -0.2) is 22.0 Å². The van der Waals surface area contributed by atoms with Crippen molar-refractivity contribution in [2.75, 3.05) is 5.01 Å². The van der Waals surface area contributed by atoms with E-state index in [0.29, 0.717) is 0 Å². The molecule has 1 aromatic heterocycles. The second-order valence-corrected chi connectivity index (χ2v) is 7.31. The topological polar surface area (TPSA) is 89.0 Å². The average molecular weight is 498 g/mol. The number of nitrogens with zero attached hydrogens (tertiary/aromatic N) is 3. The molecular formula is C21H9ClF5N3O4. The Morgan fingerprint density at radius 3 is 2.26 bits per heavy atom. The molecule has 0 bridgehead atoms. The van der Waals surface area contributed by atoms with Crippen molar-refractivity contribution in [1.82, 2.24) is 0 Å². The molecule has 0 unspecified atom stereocenters. The lowest BCUT2D eigenvalue weighted by atomic mass is 10.1. The van der Waals surface area contributed by atoms with Crippen LogP contribution in [0.5, 0.6) is 0 Å². The van der Waals surface area contributed by atoms with Gasteiger partial charge in [-0.15, -0.1) is 0 Å². The van der Waals surface area contributed by atoms with Crippen molar-refractivity contribution in [3.63, 3.8) is 0 Å². The van der Waals surface area contributed by atoms with E-state index in [4.69, 9.17) is 16.0 Å². The van der Waals surface area contributed by atoms with Crippen LogP contribution >= 0.6 is 11.6 Å². The molecule has 0 radical (unpaired) electrons. The molecule has 174 valence electrons. The van der Waals surface area contributed by atoms with Crippen LogP contribution in [0.15, 0.2) is 45.4 Å². The second kappa shape index (κ2) is 8.37. The van der Waals surface area contributed by atoms with E-state index in [1.807, 2.05) is 0 Å². The lowest BCUT2D eigenvalue weighted by Gasteiger charge is -2.14. The van der Waals surface area contributed by atoms with Crippen LogP contribution in [0.1, 0.15) is 12.7 Å². The number of nitro groups is 1. The normalized spacial score (nSPS) is 14.8. The molecule has 4 rings (SSSR count). The molecule has 0 atom stereocenters. The molecule has 0 saturated carbocycles. The summed E-state index contributed by atoms with van der Waals surface area (Å²) < 4.78 is 74.3. The Balaban J connectivity index is 1.71. The highest BCUT2D eigenvalue weighted by Gasteiger charge is 2.37. The Bertz CT molecular complexity index is 1420. The van der Waals surface area contributed by atoms with Crippen LogP contribution in [-0.4, -0.2) is 16.5 Å². The van der Waals surface area contributed by atoms with Crippen molar-refractivity contribution >= 4 is 40.7 Å². The third-order valence-corrected chi connectivity index (χ3v) is 5.13. The standard InChI is InChI=1S/C21H9ClF5N3O4/c1-8-11(21(31)29(28-8)20-18(26)16(24)15(23)17(25)19(20)27)7-10-3-5-14(34-10)12-6-9(30(32)33)2-4-13(12)22/h2-7H,1H3/b11-7+. The van der Waals surface area contributed by atoms with E-state index in [9.17, 15) is 36.9 Å². The highest BCUT2D eigenvalue weighted by molar-refractivity contribution is 6.33. The number of halogens is 6. The van der Waals surface area contributed by atoms with Gasteiger partial charge >= 0.3 is 0 Å². The summed E-state index contributed by atoms with van der Waals surface area (Å²) in [7, 11) is 0. The van der Waals surface area contributed by atoms with Crippen LogP contribution in [0.25, 0.3) is 17.4 Å². The first-order chi connectivity index (χ1) is 16.0. The van der Waals surface area contributed by atoms with Gasteiger partial charge in [-0.3, -0.25) is 14.9 Å². The van der Waals surface area contributed by atoms with Gasteiger partial charge in [0.2, 0.25) is 5.82 Å². The van der Waals surface area contributed by atoms with E-state index in [1.54, 1.807) is 0 Å². The summed E-state index contributed by atoms with van der Waals surface area (Å²) in [5, 5.41) is 14.8. The summed E-state index contributed by atoms with van der Waals surface area (Å²) in [4.78, 5) is 23.1. The molecule has 0 spiro atoms. The zero-order valence-electron chi connectivity index (χ0n) is 16.7. The number of benzene rings is 2. The predicted molar refractivity (Wildman–Crippen MR) is 111 cm³/mol. The number of carbonyl (C=O) groups is 1. The number of hydrazone groups is 1. The third-order valence-electron chi connectivity index (χ3n) is 4.80. The molecule has 1 aliphatic rings. The van der Waals surface area contributed by atoms with Crippen LogP contribution in [-0.2, 0) is 4.79 Å². The average Bonchev–Trinajstić information content (AvgIpc) is 3.37. The Morgan fingerprint density at radius 1 is 1.03 bits per heavy atom. The van der Waals surface area contributed by atoms with E-state index >= 15 is 0 Å². The van der Waals surface area contributed by atoms with Gasteiger partial charge in [-0.2, -0.15) is 10.1 Å². The quantitative estimate of drug-likeness (QED) is 0.110. The molecule has 7 nitrogen and oxygen atoms in total. The maximum Gasteiger partial charge on any atom is 0.280 e. The summed E-state index contributed by atoms with van der Waals surface area (Å²) in [6, 6.07) is 6.46. The number of non-ortho nitro benzene ring substituents is 1. The molecule has 3 aromatic rings. The molecular weight excluding hydrogens is 489 g/mol. The van der Waals surface area contributed by atoms with E-state index in [0.717, 1.165) is 6.08 Å². The largest absolute Gasteiger partial charge is 0.457 e. The van der Waals surface area contributed by atoms with Gasteiger partial charge in [-0.05, 0) is 31.2 Å². The SMILES string of the molecule is CC1=NN(c2c(F)c(F)c(F)c(F)c2F)C(=O)/C1=C/c1ccc(-c2cc([N+](=O)[O-])ccc2Cl)o1. The highest BCUT2D eigenvalue weighted by atomic mass is 35.5. The van der Waals surface area contributed by atoms with Crippen molar-refractivity contribution in [3.05, 3.63) is 85.9 Å².